The van der Waals surface area contributed by atoms with Crippen LogP contribution in [0.1, 0.15) is 40.0 Å². The lowest BCUT2D eigenvalue weighted by atomic mass is 9.87. The molecule has 0 aromatic carbocycles. The van der Waals surface area contributed by atoms with Gasteiger partial charge in [-0.2, -0.15) is 0 Å². The van der Waals surface area contributed by atoms with Gasteiger partial charge in [0.15, 0.2) is 0 Å². The van der Waals surface area contributed by atoms with E-state index in [2.05, 4.69) is 25.3 Å². The molecule has 4 heteroatoms. The molecular weight excluding hydrogens is 204 g/mol. The van der Waals surface area contributed by atoms with Gasteiger partial charge in [-0.1, -0.05) is 13.8 Å². The molecule has 4 nitrogen and oxygen atoms in total. The highest BCUT2D eigenvalue weighted by Crippen LogP contribution is 2.31. The van der Waals surface area contributed by atoms with Gasteiger partial charge in [-0.25, -0.2) is 5.43 Å². The summed E-state index contributed by atoms with van der Waals surface area (Å²) in [5.41, 5.74) is 2.59. The van der Waals surface area contributed by atoms with Crippen molar-refractivity contribution in [3.05, 3.63) is 11.8 Å². The quantitative estimate of drug-likeness (QED) is 0.514. The topological polar surface area (TPSA) is 56.5 Å². The molecule has 0 spiro atoms. The summed E-state index contributed by atoms with van der Waals surface area (Å²) in [5, 5.41) is 0. The number of nitrogens with two attached hydrogens (primary N) is 1. The maximum absolute atomic E-state index is 5.93. The zero-order valence-corrected chi connectivity index (χ0v) is 10.6. The maximum Gasteiger partial charge on any atom is 0.113 e. The third-order valence-electron chi connectivity index (χ3n) is 3.34. The Morgan fingerprint density at radius 2 is 2.19 bits per heavy atom. The first-order valence-corrected chi connectivity index (χ1v) is 6.17. The van der Waals surface area contributed by atoms with Crippen LogP contribution in [0.25, 0.3) is 0 Å². The first kappa shape index (κ1) is 13.5. The molecule has 3 N–H and O–H groups in total. The fraction of sp³-hybridized carbons (Fsp3) is 0.833. The molecule has 0 aliphatic carbocycles. The van der Waals surface area contributed by atoms with Crippen LogP contribution >= 0.6 is 0 Å². The molecule has 0 saturated heterocycles. The molecule has 1 heterocycles. The molecule has 0 amide bonds. The van der Waals surface area contributed by atoms with E-state index in [0.29, 0.717) is 6.61 Å². The van der Waals surface area contributed by atoms with Crippen molar-refractivity contribution in [2.75, 3.05) is 13.2 Å². The summed E-state index contributed by atoms with van der Waals surface area (Å²) in [6, 6.07) is -0.0510. The fourth-order valence-corrected chi connectivity index (χ4v) is 2.36. The highest BCUT2D eigenvalue weighted by atomic mass is 16.5. The van der Waals surface area contributed by atoms with Crippen LogP contribution in [0.3, 0.4) is 0 Å². The van der Waals surface area contributed by atoms with E-state index in [-0.39, 0.29) is 11.6 Å². The van der Waals surface area contributed by atoms with Crippen LogP contribution in [-0.4, -0.2) is 24.9 Å². The third kappa shape index (κ3) is 2.56. The molecule has 0 saturated carbocycles. The molecule has 0 radical (unpaired) electrons. The van der Waals surface area contributed by atoms with Gasteiger partial charge in [0, 0.05) is 13.0 Å². The van der Waals surface area contributed by atoms with Gasteiger partial charge in [-0.05, 0) is 25.8 Å². The van der Waals surface area contributed by atoms with Crippen LogP contribution < -0.4 is 11.3 Å². The van der Waals surface area contributed by atoms with Gasteiger partial charge in [0.25, 0.3) is 0 Å². The summed E-state index contributed by atoms with van der Waals surface area (Å²) in [5.74, 6) is 6.60. The Morgan fingerprint density at radius 3 is 2.56 bits per heavy atom. The molecule has 1 aliphatic heterocycles. The summed E-state index contributed by atoms with van der Waals surface area (Å²) in [6.07, 6.45) is 4.88. The minimum atomic E-state index is -0.264. The number of nitrogens with one attached hydrogen (secondary N) is 1. The predicted molar refractivity (Wildman–Crippen MR) is 64.7 cm³/mol. The molecule has 94 valence electrons. The summed E-state index contributed by atoms with van der Waals surface area (Å²) >= 11 is 0. The van der Waals surface area contributed by atoms with Gasteiger partial charge in [0.1, 0.15) is 11.8 Å². The summed E-state index contributed by atoms with van der Waals surface area (Å²) in [6.45, 7) is 7.70. The zero-order chi connectivity index (χ0) is 12.0. The van der Waals surface area contributed by atoms with E-state index in [1.165, 1.54) is 0 Å². The van der Waals surface area contributed by atoms with E-state index in [1.54, 1.807) is 0 Å². The molecule has 1 rings (SSSR count). The van der Waals surface area contributed by atoms with Crippen molar-refractivity contribution in [3.8, 4) is 0 Å². The van der Waals surface area contributed by atoms with E-state index in [0.717, 1.165) is 31.6 Å². The first-order chi connectivity index (χ1) is 7.74. The van der Waals surface area contributed by atoms with Crippen molar-refractivity contribution in [1.29, 1.82) is 0 Å². The summed E-state index contributed by atoms with van der Waals surface area (Å²) in [4.78, 5) is 0. The van der Waals surface area contributed by atoms with E-state index in [4.69, 9.17) is 15.3 Å². The first-order valence-electron chi connectivity index (χ1n) is 6.17. The van der Waals surface area contributed by atoms with Gasteiger partial charge in [0.2, 0.25) is 0 Å². The second kappa shape index (κ2) is 6.23. The maximum atomic E-state index is 5.93. The van der Waals surface area contributed by atoms with Crippen LogP contribution in [0.5, 0.6) is 0 Å². The molecule has 1 unspecified atom stereocenters. The van der Waals surface area contributed by atoms with Crippen LogP contribution in [0, 0.1) is 0 Å². The molecule has 1 aliphatic rings. The Balaban J connectivity index is 2.87. The lowest BCUT2D eigenvalue weighted by molar-refractivity contribution is -0.0730. The molecule has 0 aromatic heterocycles. The lowest BCUT2D eigenvalue weighted by Gasteiger charge is -2.39. The van der Waals surface area contributed by atoms with Gasteiger partial charge >= 0.3 is 0 Å². The smallest absolute Gasteiger partial charge is 0.113 e. The molecule has 1 atom stereocenters. The Morgan fingerprint density at radius 1 is 1.50 bits per heavy atom. The predicted octanol–water partition coefficient (Wildman–Crippen LogP) is 1.72. The van der Waals surface area contributed by atoms with E-state index >= 15 is 0 Å². The minimum Gasteiger partial charge on any atom is -0.496 e. The van der Waals surface area contributed by atoms with Crippen LogP contribution in [-0.2, 0) is 9.47 Å². The number of ether oxygens (including phenoxy) is 2. The normalized spacial score (nSPS) is 18.1. The van der Waals surface area contributed by atoms with Crippen molar-refractivity contribution in [1.82, 2.24) is 5.43 Å². The molecule has 0 aromatic rings. The Bertz CT molecular complexity index is 237. The van der Waals surface area contributed by atoms with Crippen LogP contribution in [0.4, 0.5) is 0 Å². The van der Waals surface area contributed by atoms with Crippen molar-refractivity contribution in [2.24, 2.45) is 5.84 Å². The second-order valence-corrected chi connectivity index (χ2v) is 4.05. The van der Waals surface area contributed by atoms with Crippen molar-refractivity contribution >= 4 is 0 Å². The van der Waals surface area contributed by atoms with Crippen molar-refractivity contribution in [3.63, 3.8) is 0 Å². The van der Waals surface area contributed by atoms with Crippen LogP contribution in [0.2, 0.25) is 0 Å². The van der Waals surface area contributed by atoms with E-state index < -0.39 is 0 Å². The van der Waals surface area contributed by atoms with Crippen molar-refractivity contribution < 1.29 is 9.47 Å². The molecule has 0 fully saturated rings. The molecular formula is C12H24N2O2. The van der Waals surface area contributed by atoms with Gasteiger partial charge in [-0.15, -0.1) is 0 Å². The SMILES string of the molecule is CCOC(CC)(CC)C(NN)C1=CCCO1. The van der Waals surface area contributed by atoms with Crippen LogP contribution in [0.15, 0.2) is 11.8 Å². The Labute approximate surface area is 98.1 Å². The monoisotopic (exact) mass is 228 g/mol. The highest BCUT2D eigenvalue weighted by molar-refractivity contribution is 5.14. The average Bonchev–Trinajstić information content (AvgIpc) is 2.82. The Kier molecular flexibility index (Phi) is 5.25. The number of rotatable bonds is 7. The average molecular weight is 228 g/mol. The number of hydrogen-bond donors (Lipinski definition) is 2. The Hall–Kier alpha value is -0.580. The van der Waals surface area contributed by atoms with Gasteiger partial charge in [-0.3, -0.25) is 5.84 Å². The van der Waals surface area contributed by atoms with Gasteiger partial charge in [0.05, 0.1) is 12.2 Å². The highest BCUT2D eigenvalue weighted by Gasteiger charge is 2.39. The third-order valence-corrected chi connectivity index (χ3v) is 3.34. The zero-order valence-electron chi connectivity index (χ0n) is 10.6. The van der Waals surface area contributed by atoms with E-state index in [1.807, 2.05) is 6.92 Å². The lowest BCUT2D eigenvalue weighted by Crippen LogP contribution is -2.55. The van der Waals surface area contributed by atoms with Crippen molar-refractivity contribution in [2.45, 2.75) is 51.7 Å². The summed E-state index contributed by atoms with van der Waals surface area (Å²) < 4.78 is 11.5. The molecule has 16 heavy (non-hydrogen) atoms. The molecule has 0 bridgehead atoms. The number of hydrazine groups is 1. The van der Waals surface area contributed by atoms with Gasteiger partial charge < -0.3 is 9.47 Å². The standard InChI is InChI=1S/C12H24N2O2/c1-4-12(5-2,16-6-3)11(14-13)10-8-7-9-15-10/h8,11,14H,4-7,9,13H2,1-3H3. The largest absolute Gasteiger partial charge is 0.496 e. The summed E-state index contributed by atoms with van der Waals surface area (Å²) in [7, 11) is 0. The second-order valence-electron chi connectivity index (χ2n) is 4.05. The fourth-order valence-electron chi connectivity index (χ4n) is 2.36. The van der Waals surface area contributed by atoms with E-state index in [9.17, 15) is 0 Å². The minimum absolute atomic E-state index is 0.0510. The number of hydrogen-bond acceptors (Lipinski definition) is 4.